The molecule has 0 saturated carbocycles. The molecule has 0 unspecified atom stereocenters. The van der Waals surface area contributed by atoms with Crippen molar-refractivity contribution in [2.24, 2.45) is 0 Å². The van der Waals surface area contributed by atoms with Crippen LogP contribution in [0.4, 0.5) is 0 Å². The van der Waals surface area contributed by atoms with Crippen molar-refractivity contribution in [3.63, 3.8) is 0 Å². The maximum atomic E-state index is 6.01. The van der Waals surface area contributed by atoms with Crippen LogP contribution in [0.25, 0.3) is 0 Å². The molecule has 0 N–H and O–H groups in total. The van der Waals surface area contributed by atoms with Gasteiger partial charge in [0.1, 0.15) is 15.5 Å². The minimum absolute atomic E-state index is 0.283. The molecule has 2 nitrogen and oxygen atoms in total. The van der Waals surface area contributed by atoms with Gasteiger partial charge in [0.2, 0.25) is 0 Å². The molecule has 0 aliphatic carbocycles. The summed E-state index contributed by atoms with van der Waals surface area (Å²) >= 11 is 16.8. The number of nitrogens with zero attached hydrogens (tertiary/aromatic N) is 2. The van der Waals surface area contributed by atoms with Crippen LogP contribution in [0.1, 0.15) is 25.6 Å². The highest BCUT2D eigenvalue weighted by Gasteiger charge is 2.09. The van der Waals surface area contributed by atoms with Gasteiger partial charge in [-0.2, -0.15) is 0 Å². The monoisotopic (exact) mass is 376 g/mol. The van der Waals surface area contributed by atoms with E-state index >= 15 is 0 Å². The number of benzene rings is 1. The first-order valence-corrected chi connectivity index (χ1v) is 7.99. The molecule has 0 bridgehead atoms. The highest BCUT2D eigenvalue weighted by Crippen LogP contribution is 2.32. The molecule has 1 aromatic heterocycles. The molecule has 1 heterocycles. The molecular formula is C13H11BrCl2N2S. The summed E-state index contributed by atoms with van der Waals surface area (Å²) in [6.07, 6.45) is 0. The van der Waals surface area contributed by atoms with Crippen molar-refractivity contribution in [1.82, 2.24) is 9.97 Å². The van der Waals surface area contributed by atoms with Gasteiger partial charge in [0.25, 0.3) is 0 Å². The zero-order chi connectivity index (χ0) is 14.0. The van der Waals surface area contributed by atoms with E-state index in [0.717, 1.165) is 20.3 Å². The minimum Gasteiger partial charge on any atom is -0.226 e. The van der Waals surface area contributed by atoms with Gasteiger partial charge in [-0.05, 0) is 34.1 Å². The first kappa shape index (κ1) is 15.1. The van der Waals surface area contributed by atoms with Crippen LogP contribution in [0.5, 0.6) is 0 Å². The second-order valence-corrected chi connectivity index (χ2v) is 6.94. The van der Waals surface area contributed by atoms with Crippen molar-refractivity contribution >= 4 is 50.9 Å². The lowest BCUT2D eigenvalue weighted by molar-refractivity contribution is 0.748. The molecule has 0 saturated heterocycles. The zero-order valence-electron chi connectivity index (χ0n) is 10.3. The Bertz CT molecular complexity index is 605. The summed E-state index contributed by atoms with van der Waals surface area (Å²) in [7, 11) is 0. The van der Waals surface area contributed by atoms with Gasteiger partial charge in [-0.25, -0.2) is 9.97 Å². The Kier molecular flexibility index (Phi) is 5.12. The standard InChI is InChI=1S/C13H11BrCl2N2S/c1-7(2)13-17-11(14)6-12(18-13)19-8-3-4-9(15)10(16)5-8/h3-7H,1-2H3. The quantitative estimate of drug-likeness (QED) is 0.630. The normalized spacial score (nSPS) is 11.1. The Hall–Kier alpha value is -0.290. The van der Waals surface area contributed by atoms with E-state index in [4.69, 9.17) is 23.2 Å². The molecule has 100 valence electrons. The summed E-state index contributed by atoms with van der Waals surface area (Å²) in [5.41, 5.74) is 0. The van der Waals surface area contributed by atoms with Gasteiger partial charge in [-0.3, -0.25) is 0 Å². The van der Waals surface area contributed by atoms with E-state index < -0.39 is 0 Å². The molecule has 0 fully saturated rings. The summed E-state index contributed by atoms with van der Waals surface area (Å²) in [5, 5.41) is 1.98. The third-order valence-corrected chi connectivity index (χ3v) is 4.37. The minimum atomic E-state index is 0.283. The van der Waals surface area contributed by atoms with Gasteiger partial charge >= 0.3 is 0 Å². The van der Waals surface area contributed by atoms with Gasteiger partial charge in [0.15, 0.2) is 0 Å². The molecule has 6 heteroatoms. The van der Waals surface area contributed by atoms with Crippen LogP contribution in [0, 0.1) is 0 Å². The Balaban J connectivity index is 2.29. The fraction of sp³-hybridized carbons (Fsp3) is 0.231. The number of aromatic nitrogens is 2. The van der Waals surface area contributed by atoms with Crippen molar-refractivity contribution in [3.8, 4) is 0 Å². The highest BCUT2D eigenvalue weighted by atomic mass is 79.9. The van der Waals surface area contributed by atoms with E-state index in [0.29, 0.717) is 10.0 Å². The van der Waals surface area contributed by atoms with Crippen LogP contribution in [-0.2, 0) is 0 Å². The van der Waals surface area contributed by atoms with Gasteiger partial charge in [-0.1, -0.05) is 48.8 Å². The first-order valence-electron chi connectivity index (χ1n) is 5.63. The van der Waals surface area contributed by atoms with E-state index in [2.05, 4.69) is 39.7 Å². The van der Waals surface area contributed by atoms with E-state index in [9.17, 15) is 0 Å². The SMILES string of the molecule is CC(C)c1nc(Br)cc(Sc2ccc(Cl)c(Cl)c2)n1. The highest BCUT2D eigenvalue weighted by molar-refractivity contribution is 9.10. The van der Waals surface area contributed by atoms with Crippen LogP contribution in [-0.4, -0.2) is 9.97 Å². The molecule has 0 aliphatic heterocycles. The zero-order valence-corrected chi connectivity index (χ0v) is 14.2. The fourth-order valence-electron chi connectivity index (χ4n) is 1.39. The fourth-order valence-corrected chi connectivity index (χ4v) is 3.16. The summed E-state index contributed by atoms with van der Waals surface area (Å²) < 4.78 is 0.786. The molecule has 0 spiro atoms. The molecule has 0 radical (unpaired) electrons. The Labute approximate surface area is 135 Å². The van der Waals surface area contributed by atoms with E-state index in [1.165, 1.54) is 11.8 Å². The van der Waals surface area contributed by atoms with E-state index in [1.54, 1.807) is 6.07 Å². The van der Waals surface area contributed by atoms with E-state index in [1.807, 2.05) is 18.2 Å². The van der Waals surface area contributed by atoms with E-state index in [-0.39, 0.29) is 5.92 Å². The van der Waals surface area contributed by atoms with Gasteiger partial charge in [0.05, 0.1) is 10.0 Å². The topological polar surface area (TPSA) is 25.8 Å². The number of rotatable bonds is 3. The third kappa shape index (κ3) is 4.09. The lowest BCUT2D eigenvalue weighted by Crippen LogP contribution is -1.98. The molecule has 19 heavy (non-hydrogen) atoms. The Morgan fingerprint density at radius 2 is 1.84 bits per heavy atom. The smallest absolute Gasteiger partial charge is 0.133 e. The van der Waals surface area contributed by atoms with Crippen LogP contribution >= 0.6 is 50.9 Å². The average Bonchev–Trinajstić information content (AvgIpc) is 2.33. The van der Waals surface area contributed by atoms with Crippen molar-refractivity contribution in [3.05, 3.63) is 44.7 Å². The van der Waals surface area contributed by atoms with Gasteiger partial charge in [0, 0.05) is 16.9 Å². The van der Waals surface area contributed by atoms with Crippen LogP contribution in [0.15, 0.2) is 38.8 Å². The van der Waals surface area contributed by atoms with Crippen molar-refractivity contribution in [1.29, 1.82) is 0 Å². The number of hydrogen-bond donors (Lipinski definition) is 0. The Morgan fingerprint density at radius 3 is 2.47 bits per heavy atom. The van der Waals surface area contributed by atoms with Crippen molar-refractivity contribution in [2.75, 3.05) is 0 Å². The predicted octanol–water partition coefficient (Wildman–Crippen LogP) is 5.82. The van der Waals surface area contributed by atoms with Crippen molar-refractivity contribution < 1.29 is 0 Å². The van der Waals surface area contributed by atoms with Crippen LogP contribution in [0.2, 0.25) is 10.0 Å². The summed E-state index contributed by atoms with van der Waals surface area (Å²) in [4.78, 5) is 9.87. The lowest BCUT2D eigenvalue weighted by atomic mass is 10.2. The molecule has 1 aromatic carbocycles. The van der Waals surface area contributed by atoms with Crippen LogP contribution in [0.3, 0.4) is 0 Å². The first-order chi connectivity index (χ1) is 8.95. The van der Waals surface area contributed by atoms with Gasteiger partial charge in [-0.15, -0.1) is 0 Å². The molecule has 2 aromatic rings. The number of hydrogen-bond acceptors (Lipinski definition) is 3. The summed E-state index contributed by atoms with van der Waals surface area (Å²) in [6.45, 7) is 4.13. The largest absolute Gasteiger partial charge is 0.226 e. The lowest BCUT2D eigenvalue weighted by Gasteiger charge is -2.07. The molecule has 0 aliphatic rings. The third-order valence-electron chi connectivity index (χ3n) is 2.32. The second-order valence-electron chi connectivity index (χ2n) is 4.22. The second kappa shape index (κ2) is 6.44. The number of halogens is 3. The molecule has 2 rings (SSSR count). The van der Waals surface area contributed by atoms with Crippen LogP contribution < -0.4 is 0 Å². The average molecular weight is 378 g/mol. The maximum Gasteiger partial charge on any atom is 0.133 e. The van der Waals surface area contributed by atoms with Gasteiger partial charge < -0.3 is 0 Å². The molecule has 0 amide bonds. The Morgan fingerprint density at radius 1 is 1.11 bits per heavy atom. The predicted molar refractivity (Wildman–Crippen MR) is 84.4 cm³/mol. The summed E-state index contributed by atoms with van der Waals surface area (Å²) in [5.74, 6) is 1.10. The van der Waals surface area contributed by atoms with Crippen molar-refractivity contribution in [2.45, 2.75) is 29.7 Å². The maximum absolute atomic E-state index is 6.01. The molecular weight excluding hydrogens is 367 g/mol. The summed E-state index contributed by atoms with van der Waals surface area (Å²) in [6, 6.07) is 7.43. The molecule has 0 atom stereocenters.